The van der Waals surface area contributed by atoms with Crippen molar-refractivity contribution in [2.24, 2.45) is 0 Å². The molecule has 5 atom stereocenters. The molecule has 2 unspecified atom stereocenters. The van der Waals surface area contributed by atoms with Gasteiger partial charge in [0.25, 0.3) is 0 Å². The van der Waals surface area contributed by atoms with Crippen molar-refractivity contribution >= 4 is 39.5 Å². The quantitative estimate of drug-likeness (QED) is 0.0222. The third kappa shape index (κ3) is 72.4. The highest BCUT2D eigenvalue weighted by atomic mass is 31.2. The van der Waals surface area contributed by atoms with Crippen molar-refractivity contribution < 1.29 is 80.2 Å². The number of hydrogen-bond donors (Lipinski definition) is 3. The summed E-state index contributed by atoms with van der Waals surface area (Å²) in [7, 11) is -9.91. The molecule has 0 rings (SSSR count). The summed E-state index contributed by atoms with van der Waals surface area (Å²) in [5.41, 5.74) is 0. The zero-order chi connectivity index (χ0) is 71.8. The van der Waals surface area contributed by atoms with E-state index in [0.717, 1.165) is 103 Å². The Labute approximate surface area is 600 Å². The lowest BCUT2D eigenvalue weighted by Crippen LogP contribution is -2.30. The summed E-state index contributed by atoms with van der Waals surface area (Å²) in [5.74, 6) is -2.11. The molecule has 0 bridgehead atoms. The predicted molar refractivity (Wildman–Crippen MR) is 400 cm³/mol. The lowest BCUT2D eigenvalue weighted by atomic mass is 10.0. The minimum atomic E-state index is -4.96. The smallest absolute Gasteiger partial charge is 0.462 e. The van der Waals surface area contributed by atoms with Crippen molar-refractivity contribution in [3.63, 3.8) is 0 Å². The molecule has 0 fully saturated rings. The highest BCUT2D eigenvalue weighted by molar-refractivity contribution is 7.47. The topological polar surface area (TPSA) is 237 Å². The Hall–Kier alpha value is -1.94. The van der Waals surface area contributed by atoms with E-state index in [1.54, 1.807) is 0 Å². The lowest BCUT2D eigenvalue weighted by molar-refractivity contribution is -0.161. The minimum Gasteiger partial charge on any atom is -0.462 e. The predicted octanol–water partition coefficient (Wildman–Crippen LogP) is 23.8. The van der Waals surface area contributed by atoms with E-state index in [1.807, 2.05) is 0 Å². The van der Waals surface area contributed by atoms with Crippen molar-refractivity contribution in [1.29, 1.82) is 0 Å². The molecule has 0 saturated carbocycles. The Kier molecular flexibility index (Phi) is 71.9. The first-order valence-electron chi connectivity index (χ1n) is 41.3. The van der Waals surface area contributed by atoms with Gasteiger partial charge in [-0.1, -0.05) is 374 Å². The van der Waals surface area contributed by atoms with Crippen molar-refractivity contribution in [2.45, 2.75) is 444 Å². The molecular weight excluding hydrogens is 1280 g/mol. The number of carbonyl (C=O) groups excluding carboxylic acids is 4. The maximum absolute atomic E-state index is 13.1. The van der Waals surface area contributed by atoms with Crippen LogP contribution in [-0.2, 0) is 65.4 Å². The van der Waals surface area contributed by atoms with Gasteiger partial charge in [-0.15, -0.1) is 0 Å². The fourth-order valence-electron chi connectivity index (χ4n) is 12.3. The molecule has 0 radical (unpaired) electrons. The van der Waals surface area contributed by atoms with Gasteiger partial charge >= 0.3 is 39.5 Å². The van der Waals surface area contributed by atoms with Crippen LogP contribution in [-0.4, -0.2) is 96.7 Å². The lowest BCUT2D eigenvalue weighted by Gasteiger charge is -2.21. The van der Waals surface area contributed by atoms with E-state index in [2.05, 4.69) is 27.7 Å². The number of aliphatic hydroxyl groups excluding tert-OH is 1. The largest absolute Gasteiger partial charge is 0.472 e. The Morgan fingerprint density at radius 2 is 0.408 bits per heavy atom. The molecule has 0 aromatic rings. The van der Waals surface area contributed by atoms with E-state index in [-0.39, 0.29) is 25.7 Å². The minimum absolute atomic E-state index is 0.109. The molecule has 98 heavy (non-hydrogen) atoms. The third-order valence-corrected chi connectivity index (χ3v) is 20.5. The maximum atomic E-state index is 13.1. The van der Waals surface area contributed by atoms with E-state index in [9.17, 15) is 43.2 Å². The summed E-state index contributed by atoms with van der Waals surface area (Å²) in [4.78, 5) is 72.8. The summed E-state index contributed by atoms with van der Waals surface area (Å²) < 4.78 is 68.6. The summed E-state index contributed by atoms with van der Waals surface area (Å²) in [6.07, 6.45) is 65.3. The van der Waals surface area contributed by atoms with E-state index >= 15 is 0 Å². The number of esters is 4. The number of aliphatic hydroxyl groups is 1. The molecule has 0 aromatic carbocycles. The molecule has 0 aliphatic carbocycles. The van der Waals surface area contributed by atoms with Crippen LogP contribution in [0.4, 0.5) is 0 Å². The van der Waals surface area contributed by atoms with E-state index < -0.39 is 97.5 Å². The average Bonchev–Trinajstić information content (AvgIpc) is 0.965. The third-order valence-electron chi connectivity index (χ3n) is 18.6. The molecule has 0 aromatic heterocycles. The standard InChI is InChI=1S/C79H154O17P2/c1-5-9-13-17-21-24-27-30-33-36-37-38-41-44-47-50-54-58-62-66-79(84)96-75(70-90-77(82)64-60-56-52-48-45-42-39-34-31-28-25-22-18-14-10-6-2)72-94-98(87,88)92-68-73(80)67-91-97(85,86)93-71-74(69-89-76(81)63-59-55-51-20-16-12-8-4)95-78(83)65-61-57-53-49-46-43-40-35-32-29-26-23-19-15-11-7-3/h73-75,80H,5-72H2,1-4H3,(H,85,86)(H,87,88)/t73-,74+,75+/m0/s1. The van der Waals surface area contributed by atoms with Crippen LogP contribution in [0.2, 0.25) is 0 Å². The van der Waals surface area contributed by atoms with Gasteiger partial charge in [-0.2, -0.15) is 0 Å². The molecule has 0 aliphatic heterocycles. The molecule has 0 saturated heterocycles. The van der Waals surface area contributed by atoms with E-state index in [1.165, 1.54) is 244 Å². The van der Waals surface area contributed by atoms with Gasteiger partial charge in [-0.3, -0.25) is 37.3 Å². The van der Waals surface area contributed by atoms with E-state index in [0.29, 0.717) is 25.7 Å². The molecule has 582 valence electrons. The van der Waals surface area contributed by atoms with Crippen LogP contribution in [0.1, 0.15) is 426 Å². The van der Waals surface area contributed by atoms with Gasteiger partial charge in [-0.05, 0) is 25.7 Å². The van der Waals surface area contributed by atoms with Gasteiger partial charge in [0.15, 0.2) is 12.2 Å². The molecular formula is C79H154O17P2. The zero-order valence-corrected chi connectivity index (χ0v) is 65.6. The van der Waals surface area contributed by atoms with Crippen LogP contribution in [0.25, 0.3) is 0 Å². The van der Waals surface area contributed by atoms with Crippen molar-refractivity contribution in [1.82, 2.24) is 0 Å². The number of hydrogen-bond acceptors (Lipinski definition) is 15. The number of carbonyl (C=O) groups is 4. The Morgan fingerprint density at radius 1 is 0.245 bits per heavy atom. The van der Waals surface area contributed by atoms with Gasteiger partial charge in [0.05, 0.1) is 26.4 Å². The number of unbranched alkanes of at least 4 members (excludes halogenated alkanes) is 54. The highest BCUT2D eigenvalue weighted by Gasteiger charge is 2.30. The second-order valence-electron chi connectivity index (χ2n) is 28.5. The first kappa shape index (κ1) is 96.1. The van der Waals surface area contributed by atoms with Crippen molar-refractivity contribution in [2.75, 3.05) is 39.6 Å². The van der Waals surface area contributed by atoms with Crippen LogP contribution in [0.15, 0.2) is 0 Å². The van der Waals surface area contributed by atoms with Crippen LogP contribution in [0, 0.1) is 0 Å². The molecule has 0 heterocycles. The first-order chi connectivity index (χ1) is 47.7. The van der Waals surface area contributed by atoms with Gasteiger partial charge in [0.2, 0.25) is 0 Å². The van der Waals surface area contributed by atoms with Crippen LogP contribution >= 0.6 is 15.6 Å². The maximum Gasteiger partial charge on any atom is 0.472 e. The second-order valence-corrected chi connectivity index (χ2v) is 31.4. The SMILES string of the molecule is CCCCCCCCCCCCCCCCCCCCCC(=O)O[C@H](COC(=O)CCCCCCCCCCCCCCCCCC)COP(=O)(O)OC[C@@H](O)COP(=O)(O)OC[C@@H](COC(=O)CCCCCCCCC)OC(=O)CCCCCCCCCCCCCCCCCC. The molecule has 0 spiro atoms. The molecule has 0 amide bonds. The Bertz CT molecular complexity index is 1860. The summed E-state index contributed by atoms with van der Waals surface area (Å²) in [5, 5.41) is 10.6. The second kappa shape index (κ2) is 73.4. The van der Waals surface area contributed by atoms with E-state index in [4.69, 9.17) is 37.0 Å². The van der Waals surface area contributed by atoms with Gasteiger partial charge in [0, 0.05) is 25.7 Å². The van der Waals surface area contributed by atoms with Crippen LogP contribution in [0.5, 0.6) is 0 Å². The number of phosphoric ester groups is 2. The van der Waals surface area contributed by atoms with Gasteiger partial charge < -0.3 is 33.8 Å². The molecule has 17 nitrogen and oxygen atoms in total. The van der Waals surface area contributed by atoms with Gasteiger partial charge in [-0.25, -0.2) is 9.13 Å². The number of phosphoric acid groups is 2. The first-order valence-corrected chi connectivity index (χ1v) is 44.3. The monoisotopic (exact) mass is 1440 g/mol. The van der Waals surface area contributed by atoms with Crippen LogP contribution < -0.4 is 0 Å². The van der Waals surface area contributed by atoms with Gasteiger partial charge in [0.1, 0.15) is 19.3 Å². The Morgan fingerprint density at radius 3 is 0.602 bits per heavy atom. The number of rotatable bonds is 80. The normalized spacial score (nSPS) is 13.8. The van der Waals surface area contributed by atoms with Crippen LogP contribution in [0.3, 0.4) is 0 Å². The highest BCUT2D eigenvalue weighted by Crippen LogP contribution is 2.45. The fourth-order valence-corrected chi connectivity index (χ4v) is 13.9. The summed E-state index contributed by atoms with van der Waals surface area (Å²) >= 11 is 0. The van der Waals surface area contributed by atoms with Crippen molar-refractivity contribution in [3.8, 4) is 0 Å². The Balaban J connectivity index is 5.17. The zero-order valence-electron chi connectivity index (χ0n) is 63.8. The molecule has 3 N–H and O–H groups in total. The molecule has 19 heteroatoms. The average molecular weight is 1440 g/mol. The fraction of sp³-hybridized carbons (Fsp3) is 0.949. The number of ether oxygens (including phenoxy) is 4. The van der Waals surface area contributed by atoms with Crippen molar-refractivity contribution in [3.05, 3.63) is 0 Å². The molecule has 0 aliphatic rings. The summed E-state index contributed by atoms with van der Waals surface area (Å²) in [6, 6.07) is 0. The summed E-state index contributed by atoms with van der Waals surface area (Å²) in [6.45, 7) is 4.98.